The number of benzene rings is 2. The summed E-state index contributed by atoms with van der Waals surface area (Å²) in [7, 11) is 1.62. The van der Waals surface area contributed by atoms with E-state index in [0.29, 0.717) is 11.3 Å². The molecule has 5 heteroatoms. The summed E-state index contributed by atoms with van der Waals surface area (Å²) in [5.74, 6) is 1.29. The van der Waals surface area contributed by atoms with E-state index in [1.165, 1.54) is 12.5 Å². The van der Waals surface area contributed by atoms with Crippen molar-refractivity contribution in [2.45, 2.75) is 19.3 Å². The fraction of sp³-hybridized carbons (Fsp3) is 0.304. The lowest BCUT2D eigenvalue weighted by Crippen LogP contribution is -2.38. The van der Waals surface area contributed by atoms with Crippen molar-refractivity contribution >= 4 is 17.8 Å². The third-order valence-electron chi connectivity index (χ3n) is 4.75. The molecule has 0 unspecified atom stereocenters. The van der Waals surface area contributed by atoms with Crippen molar-refractivity contribution in [3.8, 4) is 11.5 Å². The van der Waals surface area contributed by atoms with Gasteiger partial charge in [0.2, 0.25) is 0 Å². The maximum Gasteiger partial charge on any atom is 0.260 e. The van der Waals surface area contributed by atoms with Crippen molar-refractivity contribution < 1.29 is 19.1 Å². The number of carbonyl (C=O) groups excluding carboxylic acids is 2. The van der Waals surface area contributed by atoms with Crippen LogP contribution in [0, 0.1) is 0 Å². The second-order valence-electron chi connectivity index (χ2n) is 6.73. The van der Waals surface area contributed by atoms with Crippen LogP contribution in [-0.2, 0) is 4.79 Å². The summed E-state index contributed by atoms with van der Waals surface area (Å²) < 4.78 is 10.7. The van der Waals surface area contributed by atoms with Crippen LogP contribution in [0.2, 0.25) is 0 Å². The number of hydrogen-bond donors (Lipinski definition) is 0. The number of ether oxygens (including phenoxy) is 2. The molecule has 1 amide bonds. The maximum atomic E-state index is 12.3. The van der Waals surface area contributed by atoms with Crippen LogP contribution >= 0.6 is 0 Å². The average Bonchev–Trinajstić information content (AvgIpc) is 2.77. The Kier molecular flexibility index (Phi) is 6.84. The second-order valence-corrected chi connectivity index (χ2v) is 6.73. The molecule has 0 spiro atoms. The summed E-state index contributed by atoms with van der Waals surface area (Å²) in [5, 5.41) is 0. The highest BCUT2D eigenvalue weighted by molar-refractivity contribution is 6.06. The molecule has 0 atom stereocenters. The fourth-order valence-electron chi connectivity index (χ4n) is 3.08. The monoisotopic (exact) mass is 379 g/mol. The number of ketones is 1. The SMILES string of the molecule is COc1ccc(/C=C/C(=O)c2ccc(OCC(=O)N3CCCCC3)cc2)cc1. The Bertz CT molecular complexity index is 819. The van der Waals surface area contributed by atoms with E-state index >= 15 is 0 Å². The van der Waals surface area contributed by atoms with Crippen molar-refractivity contribution in [1.29, 1.82) is 0 Å². The van der Waals surface area contributed by atoms with Gasteiger partial charge in [-0.15, -0.1) is 0 Å². The number of piperidine rings is 1. The molecule has 0 N–H and O–H groups in total. The van der Waals surface area contributed by atoms with E-state index in [2.05, 4.69) is 0 Å². The third kappa shape index (κ3) is 5.46. The third-order valence-corrected chi connectivity index (χ3v) is 4.75. The molecule has 0 bridgehead atoms. The highest BCUT2D eigenvalue weighted by atomic mass is 16.5. The van der Waals surface area contributed by atoms with Gasteiger partial charge in [-0.1, -0.05) is 18.2 Å². The zero-order valence-corrected chi connectivity index (χ0v) is 16.1. The van der Waals surface area contributed by atoms with Crippen LogP contribution in [0.5, 0.6) is 11.5 Å². The van der Waals surface area contributed by atoms with Gasteiger partial charge in [-0.2, -0.15) is 0 Å². The number of likely N-dealkylation sites (tertiary alicyclic amines) is 1. The Morgan fingerprint density at radius 1 is 0.929 bits per heavy atom. The molecule has 1 heterocycles. The number of hydrogen-bond acceptors (Lipinski definition) is 4. The molecule has 28 heavy (non-hydrogen) atoms. The minimum Gasteiger partial charge on any atom is -0.497 e. The Balaban J connectivity index is 1.51. The molecule has 1 saturated heterocycles. The van der Waals surface area contributed by atoms with Crippen LogP contribution < -0.4 is 9.47 Å². The van der Waals surface area contributed by atoms with Gasteiger partial charge in [0.15, 0.2) is 12.4 Å². The van der Waals surface area contributed by atoms with E-state index in [4.69, 9.17) is 9.47 Å². The molecule has 1 fully saturated rings. The summed E-state index contributed by atoms with van der Waals surface area (Å²) in [6.07, 6.45) is 6.62. The summed E-state index contributed by atoms with van der Waals surface area (Å²) >= 11 is 0. The standard InChI is InChI=1S/C23H25NO4/c1-27-20-10-5-18(6-11-20)7-14-22(25)19-8-12-21(13-9-19)28-17-23(26)24-15-3-2-4-16-24/h5-14H,2-4,15-17H2,1H3/b14-7+. The molecule has 0 radical (unpaired) electrons. The molecular formula is C23H25NO4. The van der Waals surface area contributed by atoms with Gasteiger partial charge in [0, 0.05) is 18.7 Å². The quantitative estimate of drug-likeness (QED) is 0.539. The minimum atomic E-state index is -0.0910. The molecule has 0 aliphatic carbocycles. The lowest BCUT2D eigenvalue weighted by Gasteiger charge is -2.26. The number of carbonyl (C=O) groups is 2. The van der Waals surface area contributed by atoms with Crippen LogP contribution in [0.4, 0.5) is 0 Å². The summed E-state index contributed by atoms with van der Waals surface area (Å²) in [6, 6.07) is 14.3. The molecule has 2 aromatic carbocycles. The molecule has 1 aliphatic heterocycles. The van der Waals surface area contributed by atoms with Crippen molar-refractivity contribution in [3.63, 3.8) is 0 Å². The largest absolute Gasteiger partial charge is 0.497 e. The van der Waals surface area contributed by atoms with Crippen molar-refractivity contribution in [2.75, 3.05) is 26.8 Å². The minimum absolute atomic E-state index is 0.0160. The zero-order chi connectivity index (χ0) is 19.8. The first-order valence-electron chi connectivity index (χ1n) is 9.53. The molecule has 0 aromatic heterocycles. The molecule has 2 aromatic rings. The van der Waals surface area contributed by atoms with Gasteiger partial charge in [-0.3, -0.25) is 9.59 Å². The predicted octanol–water partition coefficient (Wildman–Crippen LogP) is 3.98. The summed E-state index contributed by atoms with van der Waals surface area (Å²) in [5.41, 5.74) is 1.49. The van der Waals surface area contributed by atoms with Crippen molar-refractivity contribution in [3.05, 3.63) is 65.7 Å². The van der Waals surface area contributed by atoms with Gasteiger partial charge in [0.05, 0.1) is 7.11 Å². The van der Waals surface area contributed by atoms with Gasteiger partial charge in [-0.25, -0.2) is 0 Å². The van der Waals surface area contributed by atoms with E-state index in [0.717, 1.165) is 37.2 Å². The highest BCUT2D eigenvalue weighted by Gasteiger charge is 2.16. The molecular weight excluding hydrogens is 354 g/mol. The van der Waals surface area contributed by atoms with Crippen molar-refractivity contribution in [1.82, 2.24) is 4.90 Å². The zero-order valence-electron chi connectivity index (χ0n) is 16.1. The normalized spacial score (nSPS) is 14.1. The van der Waals surface area contributed by atoms with Crippen LogP contribution in [-0.4, -0.2) is 43.4 Å². The first kappa shape index (κ1) is 19.7. The molecule has 3 rings (SSSR count). The fourth-order valence-corrected chi connectivity index (χ4v) is 3.08. The van der Waals surface area contributed by atoms with E-state index in [-0.39, 0.29) is 18.3 Å². The van der Waals surface area contributed by atoms with Crippen LogP contribution in [0.25, 0.3) is 6.08 Å². The summed E-state index contributed by atoms with van der Waals surface area (Å²) in [6.45, 7) is 1.66. The van der Waals surface area contributed by atoms with Crippen LogP contribution in [0.15, 0.2) is 54.6 Å². The van der Waals surface area contributed by atoms with E-state index in [1.54, 1.807) is 37.5 Å². The number of amides is 1. The number of methoxy groups -OCH3 is 1. The number of allylic oxidation sites excluding steroid dienone is 1. The molecule has 0 saturated carbocycles. The first-order chi connectivity index (χ1) is 13.7. The number of nitrogens with zero attached hydrogens (tertiary/aromatic N) is 1. The molecule has 5 nitrogen and oxygen atoms in total. The van der Waals surface area contributed by atoms with Crippen LogP contribution in [0.1, 0.15) is 35.2 Å². The topological polar surface area (TPSA) is 55.8 Å². The number of rotatable bonds is 7. The summed E-state index contributed by atoms with van der Waals surface area (Å²) in [4.78, 5) is 26.3. The molecule has 146 valence electrons. The second kappa shape index (κ2) is 9.74. The smallest absolute Gasteiger partial charge is 0.260 e. The lowest BCUT2D eigenvalue weighted by atomic mass is 10.1. The van der Waals surface area contributed by atoms with Gasteiger partial charge < -0.3 is 14.4 Å². The first-order valence-corrected chi connectivity index (χ1v) is 9.53. The molecule has 1 aliphatic rings. The highest BCUT2D eigenvalue weighted by Crippen LogP contribution is 2.16. The Morgan fingerprint density at radius 2 is 1.57 bits per heavy atom. The van der Waals surface area contributed by atoms with E-state index in [1.807, 2.05) is 29.2 Å². The van der Waals surface area contributed by atoms with E-state index < -0.39 is 0 Å². The predicted molar refractivity (Wildman–Crippen MR) is 109 cm³/mol. The van der Waals surface area contributed by atoms with Crippen LogP contribution in [0.3, 0.4) is 0 Å². The van der Waals surface area contributed by atoms with Crippen molar-refractivity contribution in [2.24, 2.45) is 0 Å². The Hall–Kier alpha value is -3.08. The van der Waals surface area contributed by atoms with Gasteiger partial charge in [-0.05, 0) is 67.3 Å². The Morgan fingerprint density at radius 3 is 2.21 bits per heavy atom. The lowest BCUT2D eigenvalue weighted by molar-refractivity contribution is -0.134. The maximum absolute atomic E-state index is 12.3. The average molecular weight is 379 g/mol. The van der Waals surface area contributed by atoms with Gasteiger partial charge in [0.25, 0.3) is 5.91 Å². The Labute approximate surface area is 165 Å². The van der Waals surface area contributed by atoms with Gasteiger partial charge >= 0.3 is 0 Å². The van der Waals surface area contributed by atoms with Gasteiger partial charge in [0.1, 0.15) is 11.5 Å². The van der Waals surface area contributed by atoms with E-state index in [9.17, 15) is 9.59 Å².